The summed E-state index contributed by atoms with van der Waals surface area (Å²) in [6, 6.07) is 11.2. The van der Waals surface area contributed by atoms with E-state index in [1.54, 1.807) is 17.0 Å². The highest BCUT2D eigenvalue weighted by Gasteiger charge is 2.27. The summed E-state index contributed by atoms with van der Waals surface area (Å²) in [5.74, 6) is -0.966. The minimum Gasteiger partial charge on any atom is -0.338 e. The van der Waals surface area contributed by atoms with E-state index in [0.29, 0.717) is 49.7 Å². The summed E-state index contributed by atoms with van der Waals surface area (Å²) in [6.45, 7) is 2.74. The fourth-order valence-corrected chi connectivity index (χ4v) is 4.14. The van der Waals surface area contributed by atoms with Crippen LogP contribution in [0.5, 0.6) is 0 Å². The van der Waals surface area contributed by atoms with Crippen LogP contribution >= 0.6 is 11.6 Å². The lowest BCUT2D eigenvalue weighted by atomic mass is 10.1. The highest BCUT2D eigenvalue weighted by Crippen LogP contribution is 2.19. The van der Waals surface area contributed by atoms with Gasteiger partial charge in [-0.05, 0) is 42.3 Å². The second-order valence-corrected chi connectivity index (χ2v) is 8.26. The van der Waals surface area contributed by atoms with E-state index in [2.05, 4.69) is 0 Å². The summed E-state index contributed by atoms with van der Waals surface area (Å²) in [5.41, 5.74) is 1.50. The first kappa shape index (κ1) is 21.3. The third-order valence-corrected chi connectivity index (χ3v) is 5.99. The van der Waals surface area contributed by atoms with Crippen LogP contribution in [0.1, 0.15) is 39.1 Å². The normalized spacial score (nSPS) is 16.7. The van der Waals surface area contributed by atoms with Crippen LogP contribution in [0.15, 0.2) is 42.5 Å². The van der Waals surface area contributed by atoms with Crippen molar-refractivity contribution < 1.29 is 18.8 Å². The summed E-state index contributed by atoms with van der Waals surface area (Å²) < 4.78 is 14.0. The number of nitrogens with zero attached hydrogens (tertiary/aromatic N) is 3. The van der Waals surface area contributed by atoms with Gasteiger partial charge in [-0.15, -0.1) is 0 Å². The lowest BCUT2D eigenvalue weighted by Gasteiger charge is -2.35. The molecule has 2 aromatic carbocycles. The van der Waals surface area contributed by atoms with E-state index in [9.17, 15) is 18.8 Å². The fraction of sp³-hybridized carbons (Fsp3) is 0.348. The summed E-state index contributed by atoms with van der Waals surface area (Å²) in [4.78, 5) is 42.3. The van der Waals surface area contributed by atoms with Gasteiger partial charge in [0.15, 0.2) is 0 Å². The van der Waals surface area contributed by atoms with E-state index in [-0.39, 0.29) is 17.4 Å². The van der Waals surface area contributed by atoms with Crippen molar-refractivity contribution in [3.8, 4) is 0 Å². The van der Waals surface area contributed by atoms with Crippen molar-refractivity contribution in [3.63, 3.8) is 0 Å². The summed E-state index contributed by atoms with van der Waals surface area (Å²) in [5, 5.41) is 0.302. The van der Waals surface area contributed by atoms with Gasteiger partial charge in [-0.3, -0.25) is 14.4 Å². The van der Waals surface area contributed by atoms with Gasteiger partial charge in [0.25, 0.3) is 11.8 Å². The number of halogens is 2. The number of rotatable bonds is 4. The van der Waals surface area contributed by atoms with Crippen molar-refractivity contribution in [2.75, 3.05) is 32.7 Å². The van der Waals surface area contributed by atoms with Gasteiger partial charge < -0.3 is 14.7 Å². The molecule has 0 aliphatic carbocycles. The van der Waals surface area contributed by atoms with Gasteiger partial charge in [0, 0.05) is 56.3 Å². The van der Waals surface area contributed by atoms with Crippen LogP contribution < -0.4 is 0 Å². The van der Waals surface area contributed by atoms with Crippen LogP contribution in [-0.2, 0) is 11.3 Å². The molecule has 2 heterocycles. The van der Waals surface area contributed by atoms with Crippen molar-refractivity contribution >= 4 is 29.3 Å². The second kappa shape index (κ2) is 9.06. The molecule has 0 bridgehead atoms. The van der Waals surface area contributed by atoms with E-state index in [1.807, 2.05) is 17.0 Å². The van der Waals surface area contributed by atoms with Crippen LogP contribution in [0, 0.1) is 5.82 Å². The minimum atomic E-state index is -0.608. The minimum absolute atomic E-state index is 0.0562. The zero-order chi connectivity index (χ0) is 22.0. The molecule has 0 aromatic heterocycles. The molecule has 0 spiro atoms. The number of likely N-dealkylation sites (tertiary alicyclic amines) is 1. The molecular weight excluding hydrogens is 421 g/mol. The standard InChI is InChI=1S/C23H23ClFN3O3/c24-18-7-8-20(25)19(14-18)23(31)27-12-10-26(11-13-27)22(30)17-5-3-16(4-6-17)15-28-9-1-2-21(28)29/h3-8,14H,1-2,9-13,15H2. The molecule has 2 fully saturated rings. The molecule has 2 aliphatic heterocycles. The van der Waals surface area contributed by atoms with E-state index >= 15 is 0 Å². The molecule has 0 unspecified atom stereocenters. The average Bonchev–Trinajstić information content (AvgIpc) is 3.19. The number of carbonyl (C=O) groups is 3. The highest BCUT2D eigenvalue weighted by molar-refractivity contribution is 6.31. The van der Waals surface area contributed by atoms with Crippen molar-refractivity contribution in [3.05, 3.63) is 70.0 Å². The molecule has 31 heavy (non-hydrogen) atoms. The highest BCUT2D eigenvalue weighted by atomic mass is 35.5. The van der Waals surface area contributed by atoms with Crippen molar-refractivity contribution in [1.29, 1.82) is 0 Å². The van der Waals surface area contributed by atoms with E-state index in [1.165, 1.54) is 23.1 Å². The Morgan fingerprint density at radius 2 is 1.55 bits per heavy atom. The maximum absolute atomic E-state index is 14.0. The Balaban J connectivity index is 1.34. The van der Waals surface area contributed by atoms with E-state index < -0.39 is 11.7 Å². The molecule has 6 nitrogen and oxygen atoms in total. The number of amides is 3. The van der Waals surface area contributed by atoms with Gasteiger partial charge in [-0.25, -0.2) is 4.39 Å². The molecule has 162 valence electrons. The Morgan fingerprint density at radius 3 is 2.16 bits per heavy atom. The summed E-state index contributed by atoms with van der Waals surface area (Å²) in [7, 11) is 0. The number of hydrogen-bond donors (Lipinski definition) is 0. The van der Waals surface area contributed by atoms with Crippen molar-refractivity contribution in [1.82, 2.24) is 14.7 Å². The van der Waals surface area contributed by atoms with Gasteiger partial charge in [0.2, 0.25) is 5.91 Å². The fourth-order valence-electron chi connectivity index (χ4n) is 3.97. The predicted octanol–water partition coefficient (Wildman–Crippen LogP) is 3.20. The molecule has 0 atom stereocenters. The van der Waals surface area contributed by atoms with Crippen LogP contribution in [0.4, 0.5) is 4.39 Å². The monoisotopic (exact) mass is 443 g/mol. The van der Waals surface area contributed by atoms with Crippen LogP contribution in [0.25, 0.3) is 0 Å². The maximum Gasteiger partial charge on any atom is 0.257 e. The second-order valence-electron chi connectivity index (χ2n) is 7.82. The van der Waals surface area contributed by atoms with Crippen molar-refractivity contribution in [2.45, 2.75) is 19.4 Å². The molecule has 3 amide bonds. The summed E-state index contributed by atoms with van der Waals surface area (Å²) in [6.07, 6.45) is 1.50. The zero-order valence-electron chi connectivity index (χ0n) is 17.0. The Hall–Kier alpha value is -2.93. The molecule has 4 rings (SSSR count). The van der Waals surface area contributed by atoms with Gasteiger partial charge in [0.1, 0.15) is 5.82 Å². The molecular formula is C23H23ClFN3O3. The molecule has 2 saturated heterocycles. The average molecular weight is 444 g/mol. The molecule has 2 aliphatic rings. The Bertz CT molecular complexity index is 1000. The lowest BCUT2D eigenvalue weighted by Crippen LogP contribution is -2.50. The first-order valence-electron chi connectivity index (χ1n) is 10.3. The quantitative estimate of drug-likeness (QED) is 0.729. The SMILES string of the molecule is O=C1CCCN1Cc1ccc(C(=O)N2CCN(C(=O)c3cc(Cl)ccc3F)CC2)cc1. The van der Waals surface area contributed by atoms with Crippen LogP contribution in [-0.4, -0.2) is 65.1 Å². The Morgan fingerprint density at radius 1 is 0.903 bits per heavy atom. The molecule has 8 heteroatoms. The van der Waals surface area contributed by atoms with E-state index in [0.717, 1.165) is 18.5 Å². The van der Waals surface area contributed by atoms with E-state index in [4.69, 9.17) is 11.6 Å². The van der Waals surface area contributed by atoms with Gasteiger partial charge in [-0.1, -0.05) is 23.7 Å². The topological polar surface area (TPSA) is 60.9 Å². The maximum atomic E-state index is 14.0. The number of carbonyl (C=O) groups excluding carboxylic acids is 3. The van der Waals surface area contributed by atoms with Gasteiger partial charge in [-0.2, -0.15) is 0 Å². The third kappa shape index (κ3) is 4.71. The lowest BCUT2D eigenvalue weighted by molar-refractivity contribution is -0.128. The van der Waals surface area contributed by atoms with Gasteiger partial charge in [0.05, 0.1) is 5.56 Å². The molecule has 0 N–H and O–H groups in total. The van der Waals surface area contributed by atoms with Crippen LogP contribution in [0.2, 0.25) is 5.02 Å². The Kier molecular flexibility index (Phi) is 6.23. The largest absolute Gasteiger partial charge is 0.338 e. The number of piperazine rings is 1. The summed E-state index contributed by atoms with van der Waals surface area (Å²) >= 11 is 5.89. The molecule has 2 aromatic rings. The zero-order valence-corrected chi connectivity index (χ0v) is 17.8. The first-order chi connectivity index (χ1) is 14.9. The smallest absolute Gasteiger partial charge is 0.257 e. The van der Waals surface area contributed by atoms with Crippen LogP contribution in [0.3, 0.4) is 0 Å². The van der Waals surface area contributed by atoms with Gasteiger partial charge >= 0.3 is 0 Å². The molecule has 0 radical (unpaired) electrons. The number of hydrogen-bond acceptors (Lipinski definition) is 3. The predicted molar refractivity (Wildman–Crippen MR) is 114 cm³/mol. The molecule has 0 saturated carbocycles. The third-order valence-electron chi connectivity index (χ3n) is 5.76. The first-order valence-corrected chi connectivity index (χ1v) is 10.7. The van der Waals surface area contributed by atoms with Crippen molar-refractivity contribution in [2.24, 2.45) is 0 Å². The Labute approximate surface area is 185 Å². The number of benzene rings is 2.